The Kier molecular flexibility index (Phi) is 8.96. The maximum Gasteiger partial charge on any atom is 0.311 e. The molecule has 0 saturated carbocycles. The molecular weight excluding hydrogens is 348 g/mol. The Morgan fingerprint density at radius 3 is 2.33 bits per heavy atom. The molecule has 0 radical (unpaired) electrons. The summed E-state index contributed by atoms with van der Waals surface area (Å²) in [7, 11) is 0. The number of hydrogen-bond acceptors (Lipinski definition) is 7. The fraction of sp³-hybridized carbons (Fsp3) is 0.750. The second-order valence-corrected chi connectivity index (χ2v) is 7.97. The van der Waals surface area contributed by atoms with Gasteiger partial charge in [0.25, 0.3) is 0 Å². The van der Waals surface area contributed by atoms with Gasteiger partial charge in [-0.15, -0.1) is 0 Å². The number of aliphatic hydroxyl groups is 1. The third-order valence-corrected chi connectivity index (χ3v) is 5.32. The summed E-state index contributed by atoms with van der Waals surface area (Å²) in [6.07, 6.45) is 4.42. The number of ether oxygens (including phenoxy) is 1. The molecule has 0 bridgehead atoms. The standard InChI is InChI=1S/C20H32N2O5/c1-11(2)9-13(4)19(23)12(3)7-8-16(21-25)10-17-14(5)18(22-26)15(6)20(24)27-17/h7-9,12-19,23H,10H2,1-6H3/b8-7-/t12-,13-,14-,15+,16+,17-,18-,19-/m0/s1. The predicted molar refractivity (Wildman–Crippen MR) is 105 cm³/mol. The molecule has 0 aromatic heterocycles. The number of hydrogen-bond donors (Lipinski definition) is 1. The van der Waals surface area contributed by atoms with E-state index in [9.17, 15) is 19.7 Å². The first-order valence-electron chi connectivity index (χ1n) is 9.49. The van der Waals surface area contributed by atoms with Crippen LogP contribution in [0.3, 0.4) is 0 Å². The molecule has 1 aliphatic rings. The monoisotopic (exact) mass is 380 g/mol. The molecule has 1 aliphatic heterocycles. The van der Waals surface area contributed by atoms with Gasteiger partial charge in [-0.25, -0.2) is 0 Å². The third-order valence-electron chi connectivity index (χ3n) is 5.32. The smallest absolute Gasteiger partial charge is 0.311 e. The molecule has 0 aromatic carbocycles. The Labute approximate surface area is 161 Å². The van der Waals surface area contributed by atoms with Crippen molar-refractivity contribution in [3.05, 3.63) is 33.6 Å². The van der Waals surface area contributed by atoms with Crippen LogP contribution < -0.4 is 0 Å². The van der Waals surface area contributed by atoms with Crippen molar-refractivity contribution in [2.75, 3.05) is 0 Å². The van der Waals surface area contributed by atoms with Crippen molar-refractivity contribution in [1.29, 1.82) is 0 Å². The largest absolute Gasteiger partial charge is 0.462 e. The minimum atomic E-state index is -0.709. The van der Waals surface area contributed by atoms with Crippen molar-refractivity contribution in [1.82, 2.24) is 0 Å². The number of rotatable bonds is 9. The lowest BCUT2D eigenvalue weighted by molar-refractivity contribution is -0.166. The van der Waals surface area contributed by atoms with Gasteiger partial charge in [0, 0.05) is 24.2 Å². The van der Waals surface area contributed by atoms with Crippen molar-refractivity contribution in [2.24, 2.45) is 34.0 Å². The van der Waals surface area contributed by atoms with Crippen molar-refractivity contribution in [2.45, 2.75) is 72.3 Å². The van der Waals surface area contributed by atoms with E-state index in [-0.39, 0.29) is 24.2 Å². The van der Waals surface area contributed by atoms with Gasteiger partial charge in [0.2, 0.25) is 0 Å². The summed E-state index contributed by atoms with van der Waals surface area (Å²) in [6, 6.07) is -1.38. The number of aliphatic hydroxyl groups excluding tert-OH is 1. The van der Waals surface area contributed by atoms with Gasteiger partial charge in [-0.1, -0.05) is 54.9 Å². The molecule has 7 heteroatoms. The average molecular weight is 380 g/mol. The molecule has 1 N–H and O–H groups in total. The SMILES string of the molecule is CC(C)=C[C@H](C)[C@@H](O)[C@@H](C)/C=C\[C@H](C[C@@H]1OC(=O)[C@H](C)[C@@H](N=O)[C@H]1C)N=O. The second-order valence-electron chi connectivity index (χ2n) is 7.97. The van der Waals surface area contributed by atoms with Crippen LogP contribution in [0.25, 0.3) is 0 Å². The normalized spacial score (nSPS) is 30.1. The summed E-state index contributed by atoms with van der Waals surface area (Å²) in [5.74, 6) is -1.53. The number of allylic oxidation sites excluding steroid dienone is 1. The summed E-state index contributed by atoms with van der Waals surface area (Å²) >= 11 is 0. The van der Waals surface area contributed by atoms with Crippen LogP contribution in [0.5, 0.6) is 0 Å². The van der Waals surface area contributed by atoms with E-state index < -0.39 is 36.2 Å². The first kappa shape index (κ1) is 23.1. The minimum Gasteiger partial charge on any atom is -0.462 e. The summed E-state index contributed by atoms with van der Waals surface area (Å²) in [6.45, 7) is 11.2. The Bertz CT molecular complexity index is 585. The Morgan fingerprint density at radius 1 is 1.19 bits per heavy atom. The van der Waals surface area contributed by atoms with E-state index in [1.54, 1.807) is 26.0 Å². The zero-order valence-electron chi connectivity index (χ0n) is 17.0. The summed E-state index contributed by atoms with van der Waals surface area (Å²) < 4.78 is 5.38. The highest BCUT2D eigenvalue weighted by Crippen LogP contribution is 2.31. The molecular formula is C20H32N2O5. The van der Waals surface area contributed by atoms with Crippen LogP contribution in [-0.4, -0.2) is 35.4 Å². The van der Waals surface area contributed by atoms with E-state index in [0.29, 0.717) is 0 Å². The van der Waals surface area contributed by atoms with E-state index in [4.69, 9.17) is 4.74 Å². The first-order chi connectivity index (χ1) is 12.6. The number of carbonyl (C=O) groups excluding carboxylic acids is 1. The molecule has 7 nitrogen and oxygen atoms in total. The van der Waals surface area contributed by atoms with Gasteiger partial charge in [0.1, 0.15) is 18.2 Å². The fourth-order valence-electron chi connectivity index (χ4n) is 3.54. The first-order valence-corrected chi connectivity index (χ1v) is 9.49. The quantitative estimate of drug-likeness (QED) is 0.370. The summed E-state index contributed by atoms with van der Waals surface area (Å²) in [5, 5.41) is 16.6. The van der Waals surface area contributed by atoms with Crippen LogP contribution in [0.15, 0.2) is 34.2 Å². The zero-order chi connectivity index (χ0) is 20.7. The molecule has 0 spiro atoms. The second kappa shape index (κ2) is 10.4. The number of nitrogens with zero attached hydrogens (tertiary/aromatic N) is 2. The lowest BCUT2D eigenvalue weighted by Crippen LogP contribution is -2.46. The highest BCUT2D eigenvalue weighted by atomic mass is 16.5. The molecule has 1 fully saturated rings. The van der Waals surface area contributed by atoms with Crippen molar-refractivity contribution >= 4 is 5.97 Å². The Balaban J connectivity index is 2.77. The summed E-state index contributed by atoms with van der Waals surface area (Å²) in [5.41, 5.74) is 1.13. The van der Waals surface area contributed by atoms with Gasteiger partial charge in [0.05, 0.1) is 12.0 Å². The van der Waals surface area contributed by atoms with Gasteiger partial charge in [-0.2, -0.15) is 9.81 Å². The zero-order valence-corrected chi connectivity index (χ0v) is 17.0. The number of nitroso groups, excluding NO2 is 2. The van der Waals surface area contributed by atoms with Crippen LogP contribution >= 0.6 is 0 Å². The maximum atomic E-state index is 11.9. The molecule has 0 aromatic rings. The van der Waals surface area contributed by atoms with E-state index in [2.05, 4.69) is 10.4 Å². The number of cyclic esters (lactones) is 1. The van der Waals surface area contributed by atoms with E-state index in [1.165, 1.54) is 0 Å². The lowest BCUT2D eigenvalue weighted by Gasteiger charge is -2.35. The van der Waals surface area contributed by atoms with Crippen LogP contribution in [0.4, 0.5) is 0 Å². The highest BCUT2D eigenvalue weighted by molar-refractivity contribution is 5.74. The topological polar surface area (TPSA) is 105 Å². The predicted octanol–water partition coefficient (Wildman–Crippen LogP) is 4.00. The van der Waals surface area contributed by atoms with Gasteiger partial charge in [0.15, 0.2) is 0 Å². The van der Waals surface area contributed by atoms with Gasteiger partial charge < -0.3 is 9.84 Å². The van der Waals surface area contributed by atoms with Gasteiger partial charge in [-0.3, -0.25) is 4.79 Å². The van der Waals surface area contributed by atoms with Crippen LogP contribution in [0.2, 0.25) is 0 Å². The number of carbonyl (C=O) groups is 1. The highest BCUT2D eigenvalue weighted by Gasteiger charge is 2.43. The Morgan fingerprint density at radius 2 is 1.81 bits per heavy atom. The number of esters is 1. The van der Waals surface area contributed by atoms with E-state index in [1.807, 2.05) is 33.8 Å². The Hall–Kier alpha value is -1.89. The van der Waals surface area contributed by atoms with E-state index in [0.717, 1.165) is 5.57 Å². The lowest BCUT2D eigenvalue weighted by atomic mass is 9.82. The molecule has 1 heterocycles. The van der Waals surface area contributed by atoms with Crippen LogP contribution in [0.1, 0.15) is 48.0 Å². The molecule has 27 heavy (non-hydrogen) atoms. The minimum absolute atomic E-state index is 0.0162. The van der Waals surface area contributed by atoms with E-state index >= 15 is 0 Å². The van der Waals surface area contributed by atoms with Crippen LogP contribution in [0, 0.1) is 33.5 Å². The molecule has 1 rings (SSSR count). The van der Waals surface area contributed by atoms with Crippen molar-refractivity contribution < 1.29 is 14.6 Å². The average Bonchev–Trinajstić information content (AvgIpc) is 2.61. The third kappa shape index (κ3) is 6.34. The molecule has 0 unspecified atom stereocenters. The van der Waals surface area contributed by atoms with Crippen molar-refractivity contribution in [3.63, 3.8) is 0 Å². The van der Waals surface area contributed by atoms with Gasteiger partial charge in [-0.05, 0) is 20.8 Å². The molecule has 0 amide bonds. The molecule has 1 saturated heterocycles. The molecule has 0 aliphatic carbocycles. The maximum absolute atomic E-state index is 11.9. The molecule has 8 atom stereocenters. The van der Waals surface area contributed by atoms with Crippen LogP contribution in [-0.2, 0) is 9.53 Å². The molecule has 152 valence electrons. The van der Waals surface area contributed by atoms with Crippen molar-refractivity contribution in [3.8, 4) is 0 Å². The fourth-order valence-corrected chi connectivity index (χ4v) is 3.54. The summed E-state index contributed by atoms with van der Waals surface area (Å²) in [4.78, 5) is 34.2. The van der Waals surface area contributed by atoms with Gasteiger partial charge >= 0.3 is 5.97 Å².